The van der Waals surface area contributed by atoms with Crippen LogP contribution in [0.5, 0.6) is 0 Å². The van der Waals surface area contributed by atoms with Crippen LogP contribution >= 0.6 is 0 Å². The van der Waals surface area contributed by atoms with E-state index in [1.807, 2.05) is 0 Å². The van der Waals surface area contributed by atoms with Crippen LogP contribution in [0.1, 0.15) is 23.0 Å². The Hall–Kier alpha value is -3.00. The van der Waals surface area contributed by atoms with Gasteiger partial charge in [-0.3, -0.25) is 4.79 Å². The van der Waals surface area contributed by atoms with Crippen molar-refractivity contribution < 1.29 is 18.7 Å². The number of aromatic amines is 1. The van der Waals surface area contributed by atoms with Crippen molar-refractivity contribution in [1.82, 2.24) is 14.5 Å². The van der Waals surface area contributed by atoms with Crippen LogP contribution in [0, 0.1) is 0 Å². The molecule has 2 aromatic heterocycles. The van der Waals surface area contributed by atoms with E-state index in [1.165, 1.54) is 12.5 Å². The summed E-state index contributed by atoms with van der Waals surface area (Å²) >= 11 is 0. The van der Waals surface area contributed by atoms with E-state index in [4.69, 9.17) is 9.47 Å². The molecule has 3 heterocycles. The fraction of sp³-hybridized carbons (Fsp3) is 0.278. The standard InChI is InChI=1S/C18H16FN3O4/c19-12-8-15(22-10-21-16-13(22)6-7-20-17(16)23)26-14(12)9-25-18(24)11-4-2-1-3-5-11/h1-7,10,12,14-15H,8-9H2,(H,20,23)/t12-,14-,15?/m1/s1. The number of rotatable bonds is 4. The van der Waals surface area contributed by atoms with Crippen LogP contribution in [-0.2, 0) is 9.47 Å². The first kappa shape index (κ1) is 16.5. The van der Waals surface area contributed by atoms with Crippen LogP contribution < -0.4 is 5.56 Å². The number of benzene rings is 1. The molecule has 1 fully saturated rings. The number of imidazole rings is 1. The summed E-state index contributed by atoms with van der Waals surface area (Å²) in [6, 6.07) is 10.2. The van der Waals surface area contributed by atoms with Gasteiger partial charge in [-0.25, -0.2) is 14.2 Å². The van der Waals surface area contributed by atoms with Gasteiger partial charge in [-0.05, 0) is 18.2 Å². The first-order chi connectivity index (χ1) is 12.6. The average Bonchev–Trinajstić information content (AvgIpc) is 3.25. The van der Waals surface area contributed by atoms with Gasteiger partial charge in [0, 0.05) is 12.6 Å². The molecule has 0 aliphatic carbocycles. The van der Waals surface area contributed by atoms with Gasteiger partial charge in [0.2, 0.25) is 0 Å². The maximum absolute atomic E-state index is 14.3. The molecule has 1 N–H and O–H groups in total. The molecule has 1 aliphatic heterocycles. The van der Waals surface area contributed by atoms with E-state index in [0.29, 0.717) is 11.1 Å². The number of nitrogens with one attached hydrogen (secondary N) is 1. The lowest BCUT2D eigenvalue weighted by atomic mass is 10.2. The third-order valence-electron chi connectivity index (χ3n) is 4.36. The van der Waals surface area contributed by atoms with Gasteiger partial charge < -0.3 is 19.0 Å². The highest BCUT2D eigenvalue weighted by Crippen LogP contribution is 2.32. The zero-order chi connectivity index (χ0) is 18.1. The summed E-state index contributed by atoms with van der Waals surface area (Å²) in [7, 11) is 0. The fourth-order valence-corrected chi connectivity index (χ4v) is 3.03. The Kier molecular flexibility index (Phi) is 4.26. The Bertz CT molecular complexity index is 985. The van der Waals surface area contributed by atoms with Crippen LogP contribution in [-0.4, -0.2) is 39.4 Å². The van der Waals surface area contributed by atoms with E-state index in [2.05, 4.69) is 9.97 Å². The number of halogens is 1. The molecule has 1 aromatic carbocycles. The second-order valence-electron chi connectivity index (χ2n) is 6.04. The van der Waals surface area contributed by atoms with Crippen molar-refractivity contribution >= 4 is 17.0 Å². The Morgan fingerprint density at radius 2 is 2.15 bits per heavy atom. The number of pyridine rings is 1. The summed E-state index contributed by atoms with van der Waals surface area (Å²) in [5.41, 5.74) is 0.917. The minimum atomic E-state index is -1.29. The molecule has 134 valence electrons. The van der Waals surface area contributed by atoms with Crippen molar-refractivity contribution in [3.8, 4) is 0 Å². The van der Waals surface area contributed by atoms with E-state index in [9.17, 15) is 14.0 Å². The zero-order valence-corrected chi connectivity index (χ0v) is 13.7. The minimum Gasteiger partial charge on any atom is -0.459 e. The minimum absolute atomic E-state index is 0.0891. The van der Waals surface area contributed by atoms with E-state index >= 15 is 0 Å². The van der Waals surface area contributed by atoms with Crippen LogP contribution in [0.25, 0.3) is 11.0 Å². The fourth-order valence-electron chi connectivity index (χ4n) is 3.03. The van der Waals surface area contributed by atoms with Gasteiger partial charge in [0.25, 0.3) is 5.56 Å². The van der Waals surface area contributed by atoms with Gasteiger partial charge in [0.1, 0.15) is 25.1 Å². The van der Waals surface area contributed by atoms with Crippen LogP contribution in [0.3, 0.4) is 0 Å². The molecule has 1 aliphatic rings. The maximum atomic E-state index is 14.3. The summed E-state index contributed by atoms with van der Waals surface area (Å²) in [4.78, 5) is 30.3. The normalized spacial score (nSPS) is 22.6. The van der Waals surface area contributed by atoms with E-state index in [-0.39, 0.29) is 24.1 Å². The number of nitrogens with zero attached hydrogens (tertiary/aromatic N) is 2. The molecule has 26 heavy (non-hydrogen) atoms. The molecular formula is C18H16FN3O4. The molecule has 3 atom stereocenters. The van der Waals surface area contributed by atoms with Crippen LogP contribution in [0.2, 0.25) is 0 Å². The molecule has 8 heteroatoms. The van der Waals surface area contributed by atoms with Crippen LogP contribution in [0.4, 0.5) is 4.39 Å². The number of alkyl halides is 1. The molecule has 0 amide bonds. The second-order valence-corrected chi connectivity index (χ2v) is 6.04. The number of fused-ring (bicyclic) bond motifs is 1. The van der Waals surface area contributed by atoms with Gasteiger partial charge in [0.15, 0.2) is 5.52 Å². The first-order valence-corrected chi connectivity index (χ1v) is 8.19. The first-order valence-electron chi connectivity index (χ1n) is 8.19. The van der Waals surface area contributed by atoms with Crippen molar-refractivity contribution in [2.24, 2.45) is 0 Å². The Morgan fingerprint density at radius 3 is 2.96 bits per heavy atom. The van der Waals surface area contributed by atoms with E-state index < -0.39 is 24.5 Å². The lowest BCUT2D eigenvalue weighted by Crippen LogP contribution is -2.25. The van der Waals surface area contributed by atoms with E-state index in [0.717, 1.165) is 0 Å². The Morgan fingerprint density at radius 1 is 1.35 bits per heavy atom. The summed E-state index contributed by atoms with van der Waals surface area (Å²) < 4.78 is 26.8. The number of ether oxygens (including phenoxy) is 2. The Balaban J connectivity index is 1.45. The van der Waals surface area contributed by atoms with Gasteiger partial charge in [-0.15, -0.1) is 0 Å². The molecule has 0 bridgehead atoms. The molecule has 4 rings (SSSR count). The lowest BCUT2D eigenvalue weighted by molar-refractivity contribution is -0.0411. The summed E-state index contributed by atoms with van der Waals surface area (Å²) in [5, 5.41) is 0. The van der Waals surface area contributed by atoms with Gasteiger partial charge in [-0.1, -0.05) is 18.2 Å². The van der Waals surface area contributed by atoms with Gasteiger partial charge >= 0.3 is 5.97 Å². The number of hydrogen-bond acceptors (Lipinski definition) is 5. The number of esters is 1. The van der Waals surface area contributed by atoms with Gasteiger partial charge in [0.05, 0.1) is 17.4 Å². The summed E-state index contributed by atoms with van der Waals surface area (Å²) in [5.74, 6) is -0.524. The molecule has 1 unspecified atom stereocenters. The van der Waals surface area contributed by atoms with Gasteiger partial charge in [-0.2, -0.15) is 0 Å². The molecule has 7 nitrogen and oxygen atoms in total. The Labute approximate surface area is 147 Å². The third kappa shape index (κ3) is 2.99. The van der Waals surface area contributed by atoms with Crippen LogP contribution in [0.15, 0.2) is 53.7 Å². The molecule has 3 aromatic rings. The highest BCUT2D eigenvalue weighted by molar-refractivity contribution is 5.89. The molecular weight excluding hydrogens is 341 g/mol. The zero-order valence-electron chi connectivity index (χ0n) is 13.7. The number of hydrogen-bond donors (Lipinski definition) is 1. The highest BCUT2D eigenvalue weighted by atomic mass is 19.1. The molecule has 0 spiro atoms. The molecule has 1 saturated heterocycles. The summed E-state index contributed by atoms with van der Waals surface area (Å²) in [6.45, 7) is -0.182. The monoisotopic (exact) mass is 357 g/mol. The topological polar surface area (TPSA) is 86.2 Å². The predicted molar refractivity (Wildman–Crippen MR) is 90.5 cm³/mol. The average molecular weight is 357 g/mol. The van der Waals surface area contributed by atoms with E-state index in [1.54, 1.807) is 41.0 Å². The van der Waals surface area contributed by atoms with Crippen molar-refractivity contribution in [3.63, 3.8) is 0 Å². The number of aromatic nitrogens is 3. The van der Waals surface area contributed by atoms with Crippen molar-refractivity contribution in [2.75, 3.05) is 6.61 Å². The van der Waals surface area contributed by atoms with Crippen molar-refractivity contribution in [1.29, 1.82) is 0 Å². The largest absolute Gasteiger partial charge is 0.459 e. The smallest absolute Gasteiger partial charge is 0.338 e. The third-order valence-corrected chi connectivity index (χ3v) is 4.36. The second kappa shape index (κ2) is 6.72. The predicted octanol–water partition coefficient (Wildman–Crippen LogP) is 2.21. The number of H-pyrrole nitrogens is 1. The maximum Gasteiger partial charge on any atom is 0.338 e. The SMILES string of the molecule is O=C(OC[C@H]1OC(n2cnc3c(=O)[nH]ccc32)C[C@H]1F)c1ccccc1. The highest BCUT2D eigenvalue weighted by Gasteiger charge is 2.37. The quantitative estimate of drug-likeness (QED) is 0.724. The number of carbonyl (C=O) groups excluding carboxylic acids is 1. The lowest BCUT2D eigenvalue weighted by Gasteiger charge is -2.15. The van der Waals surface area contributed by atoms with Crippen molar-refractivity contribution in [3.05, 3.63) is 64.8 Å². The summed E-state index contributed by atoms with van der Waals surface area (Å²) in [6.07, 6.45) is 0.276. The number of carbonyl (C=O) groups is 1. The molecule has 0 radical (unpaired) electrons. The van der Waals surface area contributed by atoms with Crippen molar-refractivity contribution in [2.45, 2.75) is 24.9 Å². The molecule has 0 saturated carbocycles.